The van der Waals surface area contributed by atoms with Crippen molar-refractivity contribution in [2.75, 3.05) is 5.32 Å². The summed E-state index contributed by atoms with van der Waals surface area (Å²) < 4.78 is 38.3. The lowest BCUT2D eigenvalue weighted by molar-refractivity contribution is -0.137. The maximum absolute atomic E-state index is 12.8. The maximum atomic E-state index is 12.8. The van der Waals surface area contributed by atoms with E-state index in [0.29, 0.717) is 10.7 Å². The lowest BCUT2D eigenvalue weighted by Crippen LogP contribution is -2.09. The van der Waals surface area contributed by atoms with Crippen LogP contribution in [-0.4, -0.2) is 0 Å². The van der Waals surface area contributed by atoms with Crippen LogP contribution in [0.15, 0.2) is 42.5 Å². The van der Waals surface area contributed by atoms with E-state index >= 15 is 0 Å². The second kappa shape index (κ2) is 6.16. The lowest BCUT2D eigenvalue weighted by atomic mass is 10.1. The SMILES string of the molecule is CC(Nc1cc(Cl)cc(C(F)(F)F)c1)c1cccc(Cl)c1. The first kappa shape index (κ1) is 16.0. The van der Waals surface area contributed by atoms with E-state index in [-0.39, 0.29) is 11.1 Å². The van der Waals surface area contributed by atoms with E-state index in [1.165, 1.54) is 6.07 Å². The average molecular weight is 334 g/mol. The molecule has 6 heteroatoms. The Bertz CT molecular complexity index is 641. The molecule has 2 aromatic carbocycles. The second-order valence-electron chi connectivity index (χ2n) is 4.65. The number of halogens is 5. The highest BCUT2D eigenvalue weighted by atomic mass is 35.5. The number of hydrogen-bond donors (Lipinski definition) is 1. The van der Waals surface area contributed by atoms with Crippen molar-refractivity contribution in [3.8, 4) is 0 Å². The molecular formula is C15H12Cl2F3N. The fraction of sp³-hybridized carbons (Fsp3) is 0.200. The molecule has 0 heterocycles. The molecule has 0 fully saturated rings. The van der Waals surface area contributed by atoms with E-state index in [2.05, 4.69) is 5.32 Å². The molecule has 1 atom stereocenters. The Morgan fingerprint density at radius 1 is 1.00 bits per heavy atom. The second-order valence-corrected chi connectivity index (χ2v) is 5.52. The normalized spacial score (nSPS) is 13.0. The maximum Gasteiger partial charge on any atom is 0.416 e. The molecule has 1 nitrogen and oxygen atoms in total. The van der Waals surface area contributed by atoms with E-state index in [1.807, 2.05) is 13.0 Å². The van der Waals surface area contributed by atoms with E-state index in [1.54, 1.807) is 18.2 Å². The standard InChI is InChI=1S/C15H12Cl2F3N/c1-9(10-3-2-4-12(16)5-10)21-14-7-11(15(18,19)20)6-13(17)8-14/h2-9,21H,1H3. The van der Waals surface area contributed by atoms with Crippen molar-refractivity contribution in [1.82, 2.24) is 0 Å². The van der Waals surface area contributed by atoms with Gasteiger partial charge in [0.25, 0.3) is 0 Å². The van der Waals surface area contributed by atoms with E-state index in [4.69, 9.17) is 23.2 Å². The fourth-order valence-electron chi connectivity index (χ4n) is 1.95. The van der Waals surface area contributed by atoms with Gasteiger partial charge in [-0.3, -0.25) is 0 Å². The van der Waals surface area contributed by atoms with Crippen molar-refractivity contribution in [2.24, 2.45) is 0 Å². The zero-order valence-corrected chi connectivity index (χ0v) is 12.5. The molecule has 0 radical (unpaired) electrons. The van der Waals surface area contributed by atoms with E-state index in [9.17, 15) is 13.2 Å². The molecule has 0 saturated heterocycles. The molecule has 112 valence electrons. The predicted octanol–water partition coefficient (Wildman–Crippen LogP) is 6.19. The van der Waals surface area contributed by atoms with Gasteiger partial charge >= 0.3 is 6.18 Å². The van der Waals surface area contributed by atoms with Crippen molar-refractivity contribution in [3.05, 3.63) is 63.6 Å². The Morgan fingerprint density at radius 2 is 1.71 bits per heavy atom. The molecule has 0 aromatic heterocycles. The summed E-state index contributed by atoms with van der Waals surface area (Å²) in [6.45, 7) is 1.83. The summed E-state index contributed by atoms with van der Waals surface area (Å²) in [5, 5.41) is 3.60. The molecular weight excluding hydrogens is 322 g/mol. The summed E-state index contributed by atoms with van der Waals surface area (Å²) in [4.78, 5) is 0. The molecule has 0 amide bonds. The quantitative estimate of drug-likeness (QED) is 0.706. The Kier molecular flexibility index (Phi) is 4.69. The number of anilines is 1. The minimum atomic E-state index is -4.43. The van der Waals surface area contributed by atoms with Crippen molar-refractivity contribution in [1.29, 1.82) is 0 Å². The Balaban J connectivity index is 2.25. The summed E-state index contributed by atoms with van der Waals surface area (Å²) >= 11 is 11.7. The molecule has 0 aliphatic carbocycles. The first-order chi connectivity index (χ1) is 9.75. The van der Waals surface area contributed by atoms with Gasteiger partial charge in [-0.1, -0.05) is 35.3 Å². The van der Waals surface area contributed by atoms with Crippen LogP contribution < -0.4 is 5.32 Å². The number of nitrogens with one attached hydrogen (secondary N) is 1. The molecule has 1 N–H and O–H groups in total. The fourth-order valence-corrected chi connectivity index (χ4v) is 2.38. The zero-order chi connectivity index (χ0) is 15.6. The van der Waals surface area contributed by atoms with Crippen molar-refractivity contribution in [3.63, 3.8) is 0 Å². The van der Waals surface area contributed by atoms with E-state index < -0.39 is 11.7 Å². The topological polar surface area (TPSA) is 12.0 Å². The predicted molar refractivity (Wildman–Crippen MR) is 79.9 cm³/mol. The largest absolute Gasteiger partial charge is 0.416 e. The molecule has 0 saturated carbocycles. The third-order valence-electron chi connectivity index (χ3n) is 2.96. The van der Waals surface area contributed by atoms with Gasteiger partial charge in [0.1, 0.15) is 0 Å². The van der Waals surface area contributed by atoms with Gasteiger partial charge in [0, 0.05) is 21.8 Å². The Hall–Kier alpha value is -1.39. The van der Waals surface area contributed by atoms with Crippen molar-refractivity contribution in [2.45, 2.75) is 19.1 Å². The first-order valence-electron chi connectivity index (χ1n) is 6.15. The minimum absolute atomic E-state index is 0.0330. The summed E-state index contributed by atoms with van der Waals surface area (Å²) in [7, 11) is 0. The van der Waals surface area contributed by atoms with Crippen LogP contribution in [0.4, 0.5) is 18.9 Å². The number of rotatable bonds is 3. The third kappa shape index (κ3) is 4.29. The number of benzene rings is 2. The van der Waals surface area contributed by atoms with Gasteiger partial charge in [-0.25, -0.2) is 0 Å². The molecule has 2 aromatic rings. The van der Waals surface area contributed by atoms with Crippen LogP contribution in [0.25, 0.3) is 0 Å². The highest BCUT2D eigenvalue weighted by Crippen LogP contribution is 2.34. The molecule has 2 rings (SSSR count). The van der Waals surface area contributed by atoms with E-state index in [0.717, 1.165) is 17.7 Å². The molecule has 1 unspecified atom stereocenters. The molecule has 21 heavy (non-hydrogen) atoms. The van der Waals surface area contributed by atoms with Crippen LogP contribution in [0.5, 0.6) is 0 Å². The van der Waals surface area contributed by atoms with Crippen molar-refractivity contribution >= 4 is 28.9 Å². The first-order valence-corrected chi connectivity index (χ1v) is 6.91. The van der Waals surface area contributed by atoms with Crippen LogP contribution >= 0.6 is 23.2 Å². The Labute approximate surface area is 130 Å². The zero-order valence-electron chi connectivity index (χ0n) is 11.0. The van der Waals surface area contributed by atoms with Crippen LogP contribution in [0.1, 0.15) is 24.1 Å². The van der Waals surface area contributed by atoms with Gasteiger partial charge in [-0.2, -0.15) is 13.2 Å². The van der Waals surface area contributed by atoms with Crippen LogP contribution in [-0.2, 0) is 6.18 Å². The minimum Gasteiger partial charge on any atom is -0.378 e. The molecule has 0 aliphatic rings. The van der Waals surface area contributed by atoms with Crippen LogP contribution in [0, 0.1) is 0 Å². The highest BCUT2D eigenvalue weighted by molar-refractivity contribution is 6.31. The summed E-state index contributed by atoms with van der Waals surface area (Å²) in [6, 6.07) is 10.3. The lowest BCUT2D eigenvalue weighted by Gasteiger charge is -2.17. The summed E-state index contributed by atoms with van der Waals surface area (Å²) in [5.74, 6) is 0. The van der Waals surface area contributed by atoms with Gasteiger partial charge in [-0.05, 0) is 42.8 Å². The number of hydrogen-bond acceptors (Lipinski definition) is 1. The van der Waals surface area contributed by atoms with Gasteiger partial charge < -0.3 is 5.32 Å². The number of alkyl halides is 3. The Morgan fingerprint density at radius 3 is 2.33 bits per heavy atom. The average Bonchev–Trinajstić information content (AvgIpc) is 2.37. The monoisotopic (exact) mass is 333 g/mol. The summed E-state index contributed by atoms with van der Waals surface area (Å²) in [6.07, 6.45) is -4.43. The third-order valence-corrected chi connectivity index (χ3v) is 3.41. The molecule has 0 bridgehead atoms. The summed E-state index contributed by atoms with van der Waals surface area (Å²) in [5.41, 5.74) is 0.397. The molecule has 0 aliphatic heterocycles. The van der Waals surface area contributed by atoms with Crippen LogP contribution in [0.2, 0.25) is 10.0 Å². The van der Waals surface area contributed by atoms with Gasteiger partial charge in [0.2, 0.25) is 0 Å². The van der Waals surface area contributed by atoms with Crippen molar-refractivity contribution < 1.29 is 13.2 Å². The van der Waals surface area contributed by atoms with Gasteiger partial charge in [-0.15, -0.1) is 0 Å². The van der Waals surface area contributed by atoms with Crippen LogP contribution in [0.3, 0.4) is 0 Å². The smallest absolute Gasteiger partial charge is 0.378 e. The van der Waals surface area contributed by atoms with Gasteiger partial charge in [0.15, 0.2) is 0 Å². The van der Waals surface area contributed by atoms with Gasteiger partial charge in [0.05, 0.1) is 5.56 Å². The highest BCUT2D eigenvalue weighted by Gasteiger charge is 2.31. The molecule has 0 spiro atoms.